The van der Waals surface area contributed by atoms with Crippen LogP contribution in [0.1, 0.15) is 19.4 Å². The van der Waals surface area contributed by atoms with Gasteiger partial charge in [-0.05, 0) is 26.0 Å². The molecule has 14 heavy (non-hydrogen) atoms. The molecule has 0 aromatic heterocycles. The lowest BCUT2D eigenvalue weighted by Gasteiger charge is -2.07. The van der Waals surface area contributed by atoms with E-state index in [2.05, 4.69) is 19.9 Å². The van der Waals surface area contributed by atoms with Crippen LogP contribution in [0.25, 0.3) is 6.08 Å². The van der Waals surface area contributed by atoms with Crippen molar-refractivity contribution in [2.24, 2.45) is 0 Å². The molecule has 0 saturated carbocycles. The van der Waals surface area contributed by atoms with Gasteiger partial charge in [-0.2, -0.15) is 0 Å². The summed E-state index contributed by atoms with van der Waals surface area (Å²) in [4.78, 5) is 0. The zero-order chi connectivity index (χ0) is 10.6. The molecule has 0 spiro atoms. The van der Waals surface area contributed by atoms with E-state index in [0.717, 1.165) is 17.1 Å². The number of ether oxygens (including phenoxy) is 2. The molecule has 0 unspecified atom stereocenters. The minimum atomic E-state index is 0.813. The standard InChI is InChI=1S/C12H16O2/c1-9(2)7-10-5-6-11(13-3)8-12(10)14-4/h5-8H,1-4H3. The van der Waals surface area contributed by atoms with Gasteiger partial charge in [0.1, 0.15) is 11.5 Å². The Hall–Kier alpha value is -1.44. The average Bonchev–Trinajstić information content (AvgIpc) is 2.17. The summed E-state index contributed by atoms with van der Waals surface area (Å²) in [6.45, 7) is 4.12. The largest absolute Gasteiger partial charge is 0.497 e. The lowest BCUT2D eigenvalue weighted by atomic mass is 10.1. The highest BCUT2D eigenvalue weighted by Gasteiger charge is 2.01. The maximum Gasteiger partial charge on any atom is 0.129 e. The minimum absolute atomic E-state index is 0.813. The number of hydrogen-bond donors (Lipinski definition) is 0. The van der Waals surface area contributed by atoms with Crippen LogP contribution in [-0.4, -0.2) is 14.2 Å². The molecule has 0 aliphatic carbocycles. The van der Waals surface area contributed by atoms with Crippen LogP contribution in [0.4, 0.5) is 0 Å². The van der Waals surface area contributed by atoms with Crippen LogP contribution in [0.5, 0.6) is 11.5 Å². The summed E-state index contributed by atoms with van der Waals surface area (Å²) in [6.07, 6.45) is 2.08. The van der Waals surface area contributed by atoms with E-state index < -0.39 is 0 Å². The predicted molar refractivity (Wildman–Crippen MR) is 58.9 cm³/mol. The van der Waals surface area contributed by atoms with Crippen LogP contribution in [0, 0.1) is 0 Å². The van der Waals surface area contributed by atoms with Crippen molar-refractivity contribution in [1.29, 1.82) is 0 Å². The Balaban J connectivity index is 3.11. The first-order valence-corrected chi connectivity index (χ1v) is 4.54. The van der Waals surface area contributed by atoms with Gasteiger partial charge in [-0.1, -0.05) is 11.6 Å². The molecule has 0 aliphatic rings. The van der Waals surface area contributed by atoms with E-state index in [4.69, 9.17) is 9.47 Å². The minimum Gasteiger partial charge on any atom is -0.497 e. The summed E-state index contributed by atoms with van der Waals surface area (Å²) in [6, 6.07) is 5.80. The summed E-state index contributed by atoms with van der Waals surface area (Å²) in [5.41, 5.74) is 2.32. The van der Waals surface area contributed by atoms with E-state index in [1.165, 1.54) is 5.57 Å². The Labute approximate surface area is 85.2 Å². The normalized spacial score (nSPS) is 9.43. The van der Waals surface area contributed by atoms with E-state index in [1.807, 2.05) is 18.2 Å². The summed E-state index contributed by atoms with van der Waals surface area (Å²) in [5.74, 6) is 1.65. The van der Waals surface area contributed by atoms with E-state index >= 15 is 0 Å². The summed E-state index contributed by atoms with van der Waals surface area (Å²) < 4.78 is 10.4. The maximum atomic E-state index is 5.26. The molecule has 0 radical (unpaired) electrons. The fraction of sp³-hybridized carbons (Fsp3) is 0.333. The van der Waals surface area contributed by atoms with Gasteiger partial charge in [0.2, 0.25) is 0 Å². The second-order valence-electron chi connectivity index (χ2n) is 3.33. The number of allylic oxidation sites excluding steroid dienone is 1. The average molecular weight is 192 g/mol. The maximum absolute atomic E-state index is 5.26. The highest BCUT2D eigenvalue weighted by atomic mass is 16.5. The van der Waals surface area contributed by atoms with Crippen LogP contribution in [-0.2, 0) is 0 Å². The van der Waals surface area contributed by atoms with Gasteiger partial charge in [0.05, 0.1) is 14.2 Å². The van der Waals surface area contributed by atoms with Crippen LogP contribution >= 0.6 is 0 Å². The smallest absolute Gasteiger partial charge is 0.129 e. The van der Waals surface area contributed by atoms with Gasteiger partial charge >= 0.3 is 0 Å². The molecular weight excluding hydrogens is 176 g/mol. The monoisotopic (exact) mass is 192 g/mol. The molecule has 2 nitrogen and oxygen atoms in total. The van der Waals surface area contributed by atoms with Crippen molar-refractivity contribution in [3.05, 3.63) is 29.3 Å². The van der Waals surface area contributed by atoms with Gasteiger partial charge in [0.25, 0.3) is 0 Å². The van der Waals surface area contributed by atoms with Gasteiger partial charge in [-0.25, -0.2) is 0 Å². The second-order valence-corrected chi connectivity index (χ2v) is 3.33. The van der Waals surface area contributed by atoms with Crippen molar-refractivity contribution in [1.82, 2.24) is 0 Å². The van der Waals surface area contributed by atoms with Crippen LogP contribution < -0.4 is 9.47 Å². The lowest BCUT2D eigenvalue weighted by Crippen LogP contribution is -1.89. The van der Waals surface area contributed by atoms with Gasteiger partial charge < -0.3 is 9.47 Å². The van der Waals surface area contributed by atoms with E-state index in [0.29, 0.717) is 0 Å². The number of benzene rings is 1. The van der Waals surface area contributed by atoms with Crippen LogP contribution in [0.15, 0.2) is 23.8 Å². The van der Waals surface area contributed by atoms with Crippen molar-refractivity contribution >= 4 is 6.08 Å². The third-order valence-corrected chi connectivity index (χ3v) is 1.88. The predicted octanol–water partition coefficient (Wildman–Crippen LogP) is 3.13. The van der Waals surface area contributed by atoms with Crippen molar-refractivity contribution in [2.75, 3.05) is 14.2 Å². The van der Waals surface area contributed by atoms with Gasteiger partial charge in [-0.15, -0.1) is 0 Å². The quantitative estimate of drug-likeness (QED) is 0.732. The van der Waals surface area contributed by atoms with Crippen LogP contribution in [0.2, 0.25) is 0 Å². The molecule has 0 atom stereocenters. The third kappa shape index (κ3) is 2.52. The van der Waals surface area contributed by atoms with Gasteiger partial charge in [0.15, 0.2) is 0 Å². The lowest BCUT2D eigenvalue weighted by molar-refractivity contribution is 0.393. The molecule has 2 heteroatoms. The zero-order valence-corrected chi connectivity index (χ0v) is 9.13. The van der Waals surface area contributed by atoms with Gasteiger partial charge in [-0.3, -0.25) is 0 Å². The Morgan fingerprint density at radius 2 is 1.86 bits per heavy atom. The Kier molecular flexibility index (Phi) is 3.57. The first kappa shape index (κ1) is 10.6. The number of methoxy groups -OCH3 is 2. The first-order chi connectivity index (χ1) is 6.67. The molecule has 0 aliphatic heterocycles. The van der Waals surface area contributed by atoms with E-state index in [9.17, 15) is 0 Å². The summed E-state index contributed by atoms with van der Waals surface area (Å²) in [7, 11) is 3.31. The summed E-state index contributed by atoms with van der Waals surface area (Å²) >= 11 is 0. The second kappa shape index (κ2) is 4.70. The highest BCUT2D eigenvalue weighted by Crippen LogP contribution is 2.26. The first-order valence-electron chi connectivity index (χ1n) is 4.54. The third-order valence-electron chi connectivity index (χ3n) is 1.88. The molecule has 1 aromatic carbocycles. The number of rotatable bonds is 3. The molecule has 0 N–H and O–H groups in total. The summed E-state index contributed by atoms with van der Waals surface area (Å²) in [5, 5.41) is 0. The molecule has 0 saturated heterocycles. The fourth-order valence-electron chi connectivity index (χ4n) is 1.25. The Morgan fingerprint density at radius 3 is 2.36 bits per heavy atom. The van der Waals surface area contributed by atoms with Crippen molar-refractivity contribution in [3.63, 3.8) is 0 Å². The fourth-order valence-corrected chi connectivity index (χ4v) is 1.25. The Bertz CT molecular complexity index is 336. The van der Waals surface area contributed by atoms with Gasteiger partial charge in [0, 0.05) is 11.6 Å². The van der Waals surface area contributed by atoms with Crippen LogP contribution in [0.3, 0.4) is 0 Å². The SMILES string of the molecule is COc1ccc(C=C(C)C)c(OC)c1. The molecule has 76 valence electrons. The zero-order valence-electron chi connectivity index (χ0n) is 9.13. The molecule has 0 fully saturated rings. The molecule has 1 rings (SSSR count). The van der Waals surface area contributed by atoms with E-state index in [1.54, 1.807) is 14.2 Å². The van der Waals surface area contributed by atoms with Crippen molar-refractivity contribution in [3.8, 4) is 11.5 Å². The molecular formula is C12H16O2. The van der Waals surface area contributed by atoms with E-state index in [-0.39, 0.29) is 0 Å². The molecule has 0 bridgehead atoms. The Morgan fingerprint density at radius 1 is 1.14 bits per heavy atom. The molecule has 0 heterocycles. The molecule has 0 amide bonds. The van der Waals surface area contributed by atoms with Crippen molar-refractivity contribution in [2.45, 2.75) is 13.8 Å². The highest BCUT2D eigenvalue weighted by molar-refractivity contribution is 5.60. The van der Waals surface area contributed by atoms with Crippen molar-refractivity contribution < 1.29 is 9.47 Å². The topological polar surface area (TPSA) is 18.5 Å². The number of hydrogen-bond acceptors (Lipinski definition) is 2. The molecule has 1 aromatic rings.